The molecule has 1 atom stereocenters. The molecule has 2 rings (SSSR count). The van der Waals surface area contributed by atoms with Gasteiger partial charge in [0.2, 0.25) is 5.91 Å². The van der Waals surface area contributed by atoms with Crippen molar-refractivity contribution in [1.82, 2.24) is 4.90 Å². The number of primary amides is 1. The van der Waals surface area contributed by atoms with E-state index in [4.69, 9.17) is 5.73 Å². The number of carbonyl (C=O) groups is 1. The standard InChI is InChI=1S/C20H26N2O2/c1-15(2)19(14-23)22(12-16-7-4-3-5-8-16)13-17-9-6-10-18(11-17)20(21)24/h3-11,15,19,23H,12-14H2,1-2H3,(H2,21,24)/t19-/m0/s1. The van der Waals surface area contributed by atoms with Crippen LogP contribution in [0.25, 0.3) is 0 Å². The van der Waals surface area contributed by atoms with E-state index in [9.17, 15) is 9.90 Å². The predicted molar refractivity (Wildman–Crippen MR) is 96.4 cm³/mol. The van der Waals surface area contributed by atoms with Gasteiger partial charge in [0.1, 0.15) is 0 Å². The Kier molecular flexibility index (Phi) is 6.53. The molecule has 0 fully saturated rings. The molecule has 0 aliphatic carbocycles. The van der Waals surface area contributed by atoms with Crippen LogP contribution in [0.15, 0.2) is 54.6 Å². The second-order valence-corrected chi connectivity index (χ2v) is 6.45. The summed E-state index contributed by atoms with van der Waals surface area (Å²) in [6.45, 7) is 5.71. The molecule has 2 aromatic rings. The van der Waals surface area contributed by atoms with Crippen LogP contribution in [0.1, 0.15) is 35.3 Å². The quantitative estimate of drug-likeness (QED) is 0.784. The summed E-state index contributed by atoms with van der Waals surface area (Å²) < 4.78 is 0. The summed E-state index contributed by atoms with van der Waals surface area (Å²) >= 11 is 0. The van der Waals surface area contributed by atoms with Crippen LogP contribution in [0.4, 0.5) is 0 Å². The van der Waals surface area contributed by atoms with Crippen molar-refractivity contribution >= 4 is 5.91 Å². The number of hydrogen-bond donors (Lipinski definition) is 2. The first-order valence-corrected chi connectivity index (χ1v) is 8.29. The SMILES string of the molecule is CC(C)[C@H](CO)N(Cc1ccccc1)Cc1cccc(C(N)=O)c1. The molecule has 128 valence electrons. The van der Waals surface area contributed by atoms with E-state index in [1.807, 2.05) is 36.4 Å². The van der Waals surface area contributed by atoms with Gasteiger partial charge < -0.3 is 10.8 Å². The minimum absolute atomic E-state index is 0.0439. The van der Waals surface area contributed by atoms with Crippen molar-refractivity contribution in [3.8, 4) is 0 Å². The van der Waals surface area contributed by atoms with Crippen molar-refractivity contribution in [2.24, 2.45) is 11.7 Å². The topological polar surface area (TPSA) is 66.6 Å². The molecular weight excluding hydrogens is 300 g/mol. The molecule has 2 aromatic carbocycles. The number of nitrogens with two attached hydrogens (primary N) is 1. The highest BCUT2D eigenvalue weighted by Gasteiger charge is 2.21. The third-order valence-electron chi connectivity index (χ3n) is 4.25. The van der Waals surface area contributed by atoms with Crippen LogP contribution in [-0.2, 0) is 13.1 Å². The van der Waals surface area contributed by atoms with E-state index < -0.39 is 5.91 Å². The number of carbonyl (C=O) groups excluding carboxylic acids is 1. The van der Waals surface area contributed by atoms with Gasteiger partial charge in [-0.1, -0.05) is 56.3 Å². The van der Waals surface area contributed by atoms with E-state index in [0.717, 1.165) is 12.1 Å². The van der Waals surface area contributed by atoms with Gasteiger partial charge >= 0.3 is 0 Å². The molecule has 24 heavy (non-hydrogen) atoms. The van der Waals surface area contributed by atoms with Crippen LogP contribution in [0.5, 0.6) is 0 Å². The van der Waals surface area contributed by atoms with Crippen LogP contribution in [0.3, 0.4) is 0 Å². The molecule has 4 nitrogen and oxygen atoms in total. The molecule has 0 radical (unpaired) electrons. The molecule has 0 bridgehead atoms. The van der Waals surface area contributed by atoms with E-state index in [1.165, 1.54) is 5.56 Å². The summed E-state index contributed by atoms with van der Waals surface area (Å²) in [5.74, 6) is -0.105. The Bertz CT molecular complexity index is 656. The normalized spacial score (nSPS) is 12.5. The zero-order chi connectivity index (χ0) is 17.5. The molecule has 0 aromatic heterocycles. The highest BCUT2D eigenvalue weighted by molar-refractivity contribution is 5.92. The minimum Gasteiger partial charge on any atom is -0.395 e. The van der Waals surface area contributed by atoms with Gasteiger partial charge in [-0.3, -0.25) is 9.69 Å². The zero-order valence-electron chi connectivity index (χ0n) is 14.4. The summed E-state index contributed by atoms with van der Waals surface area (Å²) in [7, 11) is 0. The Morgan fingerprint density at radius 2 is 1.67 bits per heavy atom. The Labute approximate surface area is 143 Å². The average molecular weight is 326 g/mol. The van der Waals surface area contributed by atoms with Crippen molar-refractivity contribution < 1.29 is 9.90 Å². The summed E-state index contributed by atoms with van der Waals surface area (Å²) in [4.78, 5) is 13.6. The Hall–Kier alpha value is -2.17. The van der Waals surface area contributed by atoms with E-state index in [0.29, 0.717) is 18.0 Å². The maximum absolute atomic E-state index is 11.4. The van der Waals surface area contributed by atoms with Gasteiger partial charge in [-0.05, 0) is 29.2 Å². The van der Waals surface area contributed by atoms with Crippen molar-refractivity contribution in [3.05, 3.63) is 71.3 Å². The molecule has 1 amide bonds. The number of benzene rings is 2. The van der Waals surface area contributed by atoms with Crippen LogP contribution in [0, 0.1) is 5.92 Å². The van der Waals surface area contributed by atoms with Gasteiger partial charge in [-0.2, -0.15) is 0 Å². The lowest BCUT2D eigenvalue weighted by Gasteiger charge is -2.33. The average Bonchev–Trinajstić information content (AvgIpc) is 2.56. The van der Waals surface area contributed by atoms with Gasteiger partial charge in [-0.15, -0.1) is 0 Å². The molecule has 0 saturated carbocycles. The highest BCUT2D eigenvalue weighted by atomic mass is 16.3. The molecule has 0 unspecified atom stereocenters. The first kappa shape index (κ1) is 18.2. The van der Waals surface area contributed by atoms with Crippen LogP contribution in [-0.4, -0.2) is 28.6 Å². The third kappa shape index (κ3) is 4.91. The molecule has 0 aliphatic rings. The number of hydrogen-bond acceptors (Lipinski definition) is 3. The van der Waals surface area contributed by atoms with Gasteiger partial charge in [0.15, 0.2) is 0 Å². The fourth-order valence-electron chi connectivity index (χ4n) is 2.91. The first-order valence-electron chi connectivity index (χ1n) is 8.29. The van der Waals surface area contributed by atoms with E-state index >= 15 is 0 Å². The predicted octanol–water partition coefficient (Wildman–Crippen LogP) is 2.80. The number of amides is 1. The molecule has 3 N–H and O–H groups in total. The van der Waals surface area contributed by atoms with Crippen LogP contribution in [0.2, 0.25) is 0 Å². The molecule has 0 saturated heterocycles. The van der Waals surface area contributed by atoms with Crippen molar-refractivity contribution in [2.75, 3.05) is 6.61 Å². The van der Waals surface area contributed by atoms with E-state index in [-0.39, 0.29) is 12.6 Å². The van der Waals surface area contributed by atoms with Crippen molar-refractivity contribution in [1.29, 1.82) is 0 Å². The van der Waals surface area contributed by atoms with E-state index in [2.05, 4.69) is 30.9 Å². The summed E-state index contributed by atoms with van der Waals surface area (Å²) in [5.41, 5.74) is 8.10. The molecule has 4 heteroatoms. The summed E-state index contributed by atoms with van der Waals surface area (Å²) in [6.07, 6.45) is 0. The van der Waals surface area contributed by atoms with E-state index in [1.54, 1.807) is 6.07 Å². The van der Waals surface area contributed by atoms with Gasteiger partial charge in [0.05, 0.1) is 6.61 Å². The lowest BCUT2D eigenvalue weighted by molar-refractivity contribution is 0.0783. The molecular formula is C20H26N2O2. The van der Waals surface area contributed by atoms with Crippen LogP contribution < -0.4 is 5.73 Å². The van der Waals surface area contributed by atoms with Gasteiger partial charge in [0, 0.05) is 24.7 Å². The Morgan fingerprint density at radius 3 is 2.25 bits per heavy atom. The second kappa shape index (κ2) is 8.62. The molecule has 0 spiro atoms. The van der Waals surface area contributed by atoms with Crippen molar-refractivity contribution in [3.63, 3.8) is 0 Å². The Balaban J connectivity index is 2.25. The number of nitrogens with zero attached hydrogens (tertiary/aromatic N) is 1. The second-order valence-electron chi connectivity index (χ2n) is 6.45. The molecule has 0 heterocycles. The van der Waals surface area contributed by atoms with Gasteiger partial charge in [0.25, 0.3) is 0 Å². The number of rotatable bonds is 8. The maximum atomic E-state index is 11.4. The highest BCUT2D eigenvalue weighted by Crippen LogP contribution is 2.19. The molecule has 0 aliphatic heterocycles. The van der Waals surface area contributed by atoms with Gasteiger partial charge in [-0.25, -0.2) is 0 Å². The number of aliphatic hydroxyl groups is 1. The monoisotopic (exact) mass is 326 g/mol. The summed E-state index contributed by atoms with van der Waals surface area (Å²) in [5, 5.41) is 9.85. The summed E-state index contributed by atoms with van der Waals surface area (Å²) in [6, 6.07) is 17.6. The fraction of sp³-hybridized carbons (Fsp3) is 0.350. The smallest absolute Gasteiger partial charge is 0.248 e. The fourth-order valence-corrected chi connectivity index (χ4v) is 2.91. The largest absolute Gasteiger partial charge is 0.395 e. The Morgan fingerprint density at radius 1 is 1.04 bits per heavy atom. The maximum Gasteiger partial charge on any atom is 0.248 e. The minimum atomic E-state index is -0.422. The lowest BCUT2D eigenvalue weighted by atomic mass is 10.0. The number of aliphatic hydroxyl groups excluding tert-OH is 1. The first-order chi connectivity index (χ1) is 11.5. The van der Waals surface area contributed by atoms with Crippen molar-refractivity contribution in [2.45, 2.75) is 33.0 Å². The zero-order valence-corrected chi connectivity index (χ0v) is 14.4. The van der Waals surface area contributed by atoms with Crippen LogP contribution >= 0.6 is 0 Å². The third-order valence-corrected chi connectivity index (χ3v) is 4.25. The lowest BCUT2D eigenvalue weighted by Crippen LogP contribution is -2.40.